The number of halogens is 1. The van der Waals surface area contributed by atoms with Crippen LogP contribution in [0.4, 0.5) is 0 Å². The van der Waals surface area contributed by atoms with Gasteiger partial charge in [-0.3, -0.25) is 4.99 Å². The fraction of sp³-hybridized carbons (Fsp3) is 0.947. The van der Waals surface area contributed by atoms with Crippen molar-refractivity contribution < 1.29 is 9.47 Å². The summed E-state index contributed by atoms with van der Waals surface area (Å²) < 4.78 is 11.4. The molecule has 150 valence electrons. The second-order valence-electron chi connectivity index (χ2n) is 7.61. The van der Waals surface area contributed by atoms with E-state index in [1.54, 1.807) is 0 Å². The van der Waals surface area contributed by atoms with Crippen molar-refractivity contribution in [1.82, 2.24) is 10.6 Å². The summed E-state index contributed by atoms with van der Waals surface area (Å²) in [5.41, 5.74) is 0.172. The monoisotopic (exact) mass is 469 g/mol. The highest BCUT2D eigenvalue weighted by atomic mass is 127. The standard InChI is InChI=1S/C19H39N3O2.HI/c1-6-20-18(21-12-8-9-13-23-7-2)22-15-16-11-10-14-24-17(16)19(3,4)5;/h16-17H,6-15H2,1-5H3,(H2,20,21,22);1H. The van der Waals surface area contributed by atoms with Crippen LogP contribution >= 0.6 is 24.0 Å². The third kappa shape index (κ3) is 10.6. The van der Waals surface area contributed by atoms with E-state index in [4.69, 9.17) is 14.5 Å². The zero-order valence-corrected chi connectivity index (χ0v) is 19.2. The molecule has 0 spiro atoms. The van der Waals surface area contributed by atoms with Crippen LogP contribution in [0, 0.1) is 11.3 Å². The number of aliphatic imine (C=N–C) groups is 1. The lowest BCUT2D eigenvalue weighted by Gasteiger charge is -2.39. The minimum atomic E-state index is 0. The molecule has 0 aliphatic carbocycles. The molecule has 5 nitrogen and oxygen atoms in total. The lowest BCUT2D eigenvalue weighted by molar-refractivity contribution is -0.0823. The summed E-state index contributed by atoms with van der Waals surface area (Å²) in [6.45, 7) is 16.1. The Hall–Kier alpha value is -0.0800. The minimum absolute atomic E-state index is 0. The Morgan fingerprint density at radius 1 is 1.20 bits per heavy atom. The molecule has 2 unspecified atom stereocenters. The van der Waals surface area contributed by atoms with Gasteiger partial charge in [0.2, 0.25) is 0 Å². The van der Waals surface area contributed by atoms with E-state index in [0.717, 1.165) is 64.7 Å². The van der Waals surface area contributed by atoms with E-state index in [-0.39, 0.29) is 29.4 Å². The molecule has 0 aromatic carbocycles. The number of hydrogen-bond donors (Lipinski definition) is 2. The van der Waals surface area contributed by atoms with E-state index in [1.807, 2.05) is 6.92 Å². The highest BCUT2D eigenvalue weighted by Crippen LogP contribution is 2.34. The SMILES string of the molecule is CCNC(=NCC1CCCOC1C(C)(C)C)NCCCCOCC.I. The average molecular weight is 469 g/mol. The molecule has 0 aromatic rings. The number of ether oxygens (including phenoxy) is 2. The van der Waals surface area contributed by atoms with Crippen molar-refractivity contribution in [2.75, 3.05) is 39.5 Å². The molecule has 1 rings (SSSR count). The molecule has 0 radical (unpaired) electrons. The van der Waals surface area contributed by atoms with Crippen molar-refractivity contribution in [3.63, 3.8) is 0 Å². The van der Waals surface area contributed by atoms with E-state index < -0.39 is 0 Å². The third-order valence-corrected chi connectivity index (χ3v) is 4.34. The normalized spacial score (nSPS) is 21.6. The molecule has 1 aliphatic rings. The maximum absolute atomic E-state index is 6.06. The highest BCUT2D eigenvalue weighted by Gasteiger charge is 2.35. The Morgan fingerprint density at radius 2 is 1.96 bits per heavy atom. The van der Waals surface area contributed by atoms with Gasteiger partial charge in [0, 0.05) is 45.4 Å². The molecule has 0 amide bonds. The van der Waals surface area contributed by atoms with Gasteiger partial charge in [-0.2, -0.15) is 0 Å². The number of hydrogen-bond acceptors (Lipinski definition) is 3. The first-order valence-corrected chi connectivity index (χ1v) is 9.70. The fourth-order valence-corrected chi connectivity index (χ4v) is 3.22. The van der Waals surface area contributed by atoms with Crippen LogP contribution in [0.1, 0.15) is 60.3 Å². The van der Waals surface area contributed by atoms with Gasteiger partial charge in [-0.25, -0.2) is 0 Å². The van der Waals surface area contributed by atoms with Crippen LogP contribution in [0.15, 0.2) is 4.99 Å². The van der Waals surface area contributed by atoms with Crippen LogP contribution < -0.4 is 10.6 Å². The second kappa shape index (κ2) is 14.0. The Kier molecular flexibility index (Phi) is 14.0. The van der Waals surface area contributed by atoms with Gasteiger partial charge >= 0.3 is 0 Å². The molecule has 0 bridgehead atoms. The lowest BCUT2D eigenvalue weighted by Crippen LogP contribution is -2.43. The van der Waals surface area contributed by atoms with Crippen LogP contribution in [0.2, 0.25) is 0 Å². The summed E-state index contributed by atoms with van der Waals surface area (Å²) in [5.74, 6) is 1.43. The molecule has 2 N–H and O–H groups in total. The molecule has 1 aliphatic heterocycles. The predicted octanol–water partition coefficient (Wildman–Crippen LogP) is 3.82. The van der Waals surface area contributed by atoms with Gasteiger partial charge in [0.15, 0.2) is 5.96 Å². The fourth-order valence-electron chi connectivity index (χ4n) is 3.22. The first kappa shape index (κ1) is 24.9. The molecule has 1 heterocycles. The molecule has 2 atom stereocenters. The van der Waals surface area contributed by atoms with E-state index in [9.17, 15) is 0 Å². The number of unbranched alkanes of at least 4 members (excludes halogenated alkanes) is 1. The largest absolute Gasteiger partial charge is 0.382 e. The Morgan fingerprint density at radius 3 is 2.60 bits per heavy atom. The van der Waals surface area contributed by atoms with Gasteiger partial charge in [-0.1, -0.05) is 20.8 Å². The van der Waals surface area contributed by atoms with E-state index in [2.05, 4.69) is 38.3 Å². The zero-order valence-electron chi connectivity index (χ0n) is 16.9. The van der Waals surface area contributed by atoms with Crippen LogP contribution in [0.3, 0.4) is 0 Å². The first-order valence-electron chi connectivity index (χ1n) is 9.70. The van der Waals surface area contributed by atoms with Gasteiger partial charge in [0.1, 0.15) is 0 Å². The van der Waals surface area contributed by atoms with Gasteiger partial charge in [0.05, 0.1) is 6.10 Å². The summed E-state index contributed by atoms with van der Waals surface area (Å²) in [5, 5.41) is 6.78. The molecule has 25 heavy (non-hydrogen) atoms. The topological polar surface area (TPSA) is 54.9 Å². The van der Waals surface area contributed by atoms with Crippen LogP contribution in [0.5, 0.6) is 0 Å². The molecule has 1 saturated heterocycles. The Bertz CT molecular complexity index is 359. The summed E-state index contributed by atoms with van der Waals surface area (Å²) in [6, 6.07) is 0. The van der Waals surface area contributed by atoms with Crippen molar-refractivity contribution in [1.29, 1.82) is 0 Å². The van der Waals surface area contributed by atoms with Crippen LogP contribution in [-0.4, -0.2) is 51.5 Å². The number of rotatable bonds is 9. The third-order valence-electron chi connectivity index (χ3n) is 4.34. The quantitative estimate of drug-likeness (QED) is 0.233. The Balaban J connectivity index is 0.00000576. The Labute approximate surface area is 172 Å². The van der Waals surface area contributed by atoms with Gasteiger partial charge in [-0.15, -0.1) is 24.0 Å². The summed E-state index contributed by atoms with van der Waals surface area (Å²) in [7, 11) is 0. The number of nitrogens with one attached hydrogen (secondary N) is 2. The van der Waals surface area contributed by atoms with Crippen molar-refractivity contribution in [2.45, 2.75) is 66.4 Å². The summed E-state index contributed by atoms with van der Waals surface area (Å²) in [4.78, 5) is 4.82. The van der Waals surface area contributed by atoms with Crippen LogP contribution in [0.25, 0.3) is 0 Å². The zero-order chi connectivity index (χ0) is 17.8. The molecular formula is C19H40IN3O2. The van der Waals surface area contributed by atoms with E-state index >= 15 is 0 Å². The molecule has 0 saturated carbocycles. The second-order valence-corrected chi connectivity index (χ2v) is 7.61. The first-order chi connectivity index (χ1) is 11.5. The van der Waals surface area contributed by atoms with Gasteiger partial charge in [0.25, 0.3) is 0 Å². The molecular weight excluding hydrogens is 429 g/mol. The van der Waals surface area contributed by atoms with Gasteiger partial charge < -0.3 is 20.1 Å². The summed E-state index contributed by atoms with van der Waals surface area (Å²) in [6.07, 6.45) is 4.83. The van der Waals surface area contributed by atoms with Crippen molar-refractivity contribution >= 4 is 29.9 Å². The number of guanidine groups is 1. The maximum atomic E-state index is 6.06. The van der Waals surface area contributed by atoms with E-state index in [1.165, 1.54) is 6.42 Å². The summed E-state index contributed by atoms with van der Waals surface area (Å²) >= 11 is 0. The molecule has 0 aromatic heterocycles. The van der Waals surface area contributed by atoms with E-state index in [0.29, 0.717) is 12.0 Å². The molecule has 6 heteroatoms. The average Bonchev–Trinajstić information content (AvgIpc) is 2.55. The number of nitrogens with zero attached hydrogens (tertiary/aromatic N) is 1. The highest BCUT2D eigenvalue weighted by molar-refractivity contribution is 14.0. The van der Waals surface area contributed by atoms with Crippen molar-refractivity contribution in [3.05, 3.63) is 0 Å². The maximum Gasteiger partial charge on any atom is 0.191 e. The molecule has 1 fully saturated rings. The van der Waals surface area contributed by atoms with Crippen molar-refractivity contribution in [3.8, 4) is 0 Å². The van der Waals surface area contributed by atoms with Crippen molar-refractivity contribution in [2.24, 2.45) is 16.3 Å². The lowest BCUT2D eigenvalue weighted by atomic mass is 9.78. The predicted molar refractivity (Wildman–Crippen MR) is 117 cm³/mol. The van der Waals surface area contributed by atoms with Gasteiger partial charge in [-0.05, 0) is 44.9 Å². The minimum Gasteiger partial charge on any atom is -0.382 e. The smallest absolute Gasteiger partial charge is 0.191 e. The van der Waals surface area contributed by atoms with Crippen LogP contribution in [-0.2, 0) is 9.47 Å².